The monoisotopic (exact) mass is 461 g/mol. The first-order valence-corrected chi connectivity index (χ1v) is 10.4. The van der Waals surface area contributed by atoms with Crippen molar-refractivity contribution in [3.8, 4) is 28.7 Å². The third-order valence-electron chi connectivity index (χ3n) is 4.96. The normalized spacial score (nSPS) is 10.9. The van der Waals surface area contributed by atoms with Gasteiger partial charge in [0.15, 0.2) is 11.5 Å². The van der Waals surface area contributed by atoms with E-state index in [2.05, 4.69) is 5.32 Å². The van der Waals surface area contributed by atoms with Gasteiger partial charge in [-0.2, -0.15) is 0 Å². The number of phenolic OH excluding ortho intramolecular Hbond substituents is 1. The molecule has 3 rings (SSSR count). The predicted octanol–water partition coefficient (Wildman–Crippen LogP) is 5.25. The molecule has 0 fully saturated rings. The average molecular weight is 462 g/mol. The van der Waals surface area contributed by atoms with Crippen molar-refractivity contribution < 1.29 is 28.8 Å². The first-order valence-electron chi connectivity index (χ1n) is 10.4. The van der Waals surface area contributed by atoms with Crippen LogP contribution in [0, 0.1) is 0 Å². The summed E-state index contributed by atoms with van der Waals surface area (Å²) in [6.45, 7) is 0. The predicted molar refractivity (Wildman–Crippen MR) is 134 cm³/mol. The molecule has 7 heteroatoms. The number of amides is 1. The van der Waals surface area contributed by atoms with Gasteiger partial charge < -0.3 is 29.4 Å². The molecule has 0 bridgehead atoms. The van der Waals surface area contributed by atoms with E-state index in [9.17, 15) is 9.90 Å². The van der Waals surface area contributed by atoms with Crippen LogP contribution < -0.4 is 24.3 Å². The highest BCUT2D eigenvalue weighted by Crippen LogP contribution is 2.38. The van der Waals surface area contributed by atoms with Gasteiger partial charge in [0.05, 0.1) is 34.1 Å². The number of nitrogens with one attached hydrogen (secondary N) is 1. The summed E-state index contributed by atoms with van der Waals surface area (Å²) < 4.78 is 21.3. The van der Waals surface area contributed by atoms with Crippen molar-refractivity contribution in [1.82, 2.24) is 0 Å². The number of carbonyl (C=O) groups is 1. The van der Waals surface area contributed by atoms with E-state index in [1.807, 2.05) is 48.6 Å². The summed E-state index contributed by atoms with van der Waals surface area (Å²) in [7, 11) is 6.25. The molecule has 0 aliphatic heterocycles. The molecule has 3 aromatic rings. The number of aromatic hydroxyl groups is 1. The molecule has 0 spiro atoms. The van der Waals surface area contributed by atoms with Crippen LogP contribution in [0.5, 0.6) is 28.7 Å². The van der Waals surface area contributed by atoms with Crippen LogP contribution in [-0.4, -0.2) is 39.5 Å². The van der Waals surface area contributed by atoms with E-state index in [4.69, 9.17) is 18.9 Å². The van der Waals surface area contributed by atoms with Gasteiger partial charge in [0.25, 0.3) is 0 Å². The van der Waals surface area contributed by atoms with Gasteiger partial charge in [-0.25, -0.2) is 0 Å². The maximum absolute atomic E-state index is 12.3. The van der Waals surface area contributed by atoms with Gasteiger partial charge in [0, 0.05) is 6.08 Å². The number of hydrogen-bond acceptors (Lipinski definition) is 6. The zero-order valence-electron chi connectivity index (χ0n) is 19.5. The third kappa shape index (κ3) is 6.10. The zero-order valence-corrected chi connectivity index (χ0v) is 19.5. The summed E-state index contributed by atoms with van der Waals surface area (Å²) in [5.74, 6) is 1.90. The Kier molecular flexibility index (Phi) is 8.18. The Morgan fingerprint density at radius 3 is 2.06 bits per heavy atom. The number of rotatable bonds is 9. The number of ether oxygens (including phenoxy) is 4. The largest absolute Gasteiger partial charge is 0.506 e. The molecule has 0 unspecified atom stereocenters. The molecular weight excluding hydrogens is 434 g/mol. The molecule has 1 amide bonds. The van der Waals surface area contributed by atoms with Crippen molar-refractivity contribution in [3.05, 3.63) is 77.4 Å². The minimum absolute atomic E-state index is 0.0461. The second-order valence-corrected chi connectivity index (χ2v) is 7.17. The van der Waals surface area contributed by atoms with Crippen LogP contribution in [0.2, 0.25) is 0 Å². The summed E-state index contributed by atoms with van der Waals surface area (Å²) in [6.07, 6.45) is 6.75. The van der Waals surface area contributed by atoms with Gasteiger partial charge in [-0.1, -0.05) is 30.4 Å². The molecule has 2 N–H and O–H groups in total. The number of anilines is 1. The van der Waals surface area contributed by atoms with Gasteiger partial charge in [-0.05, 0) is 59.2 Å². The van der Waals surface area contributed by atoms with E-state index in [0.29, 0.717) is 28.7 Å². The molecule has 0 aliphatic rings. The number of benzene rings is 3. The number of phenols is 1. The number of methoxy groups -OCH3 is 4. The van der Waals surface area contributed by atoms with Crippen molar-refractivity contribution in [1.29, 1.82) is 0 Å². The fourth-order valence-electron chi connectivity index (χ4n) is 3.24. The van der Waals surface area contributed by atoms with E-state index in [1.165, 1.54) is 6.08 Å². The Bertz CT molecular complexity index is 1190. The Morgan fingerprint density at radius 2 is 1.44 bits per heavy atom. The summed E-state index contributed by atoms with van der Waals surface area (Å²) in [5, 5.41) is 13.1. The SMILES string of the molecule is COc1cccc(/C=C/C(=O)Nc2ccc(/C=C/c3cc(OC)c(OC)c(OC)c3)cc2O)c1. The topological polar surface area (TPSA) is 86.3 Å². The van der Waals surface area contributed by atoms with Crippen molar-refractivity contribution in [3.63, 3.8) is 0 Å². The van der Waals surface area contributed by atoms with Crippen LogP contribution in [0.1, 0.15) is 16.7 Å². The Hall–Kier alpha value is -4.39. The maximum Gasteiger partial charge on any atom is 0.248 e. The van der Waals surface area contributed by atoms with Gasteiger partial charge in [-0.15, -0.1) is 0 Å². The van der Waals surface area contributed by atoms with Crippen LogP contribution in [0.3, 0.4) is 0 Å². The smallest absolute Gasteiger partial charge is 0.248 e. The second-order valence-electron chi connectivity index (χ2n) is 7.17. The molecule has 7 nitrogen and oxygen atoms in total. The first kappa shape index (κ1) is 24.3. The molecule has 0 saturated heterocycles. The van der Waals surface area contributed by atoms with Crippen molar-refractivity contribution >= 4 is 29.8 Å². The number of hydrogen-bond donors (Lipinski definition) is 2. The van der Waals surface area contributed by atoms with Gasteiger partial charge >= 0.3 is 0 Å². The minimum atomic E-state index is -0.362. The third-order valence-corrected chi connectivity index (χ3v) is 4.96. The van der Waals surface area contributed by atoms with Crippen molar-refractivity contribution in [2.24, 2.45) is 0 Å². The van der Waals surface area contributed by atoms with Crippen molar-refractivity contribution in [2.45, 2.75) is 0 Å². The summed E-state index contributed by atoms with van der Waals surface area (Å²) >= 11 is 0. The van der Waals surface area contributed by atoms with Crippen LogP contribution >= 0.6 is 0 Å². The van der Waals surface area contributed by atoms with E-state index in [1.54, 1.807) is 52.7 Å². The quantitative estimate of drug-likeness (QED) is 0.257. The van der Waals surface area contributed by atoms with Gasteiger partial charge in [0.2, 0.25) is 11.7 Å². The summed E-state index contributed by atoms with van der Waals surface area (Å²) in [6, 6.07) is 16.0. The van der Waals surface area contributed by atoms with Crippen LogP contribution in [0.4, 0.5) is 5.69 Å². The zero-order chi connectivity index (χ0) is 24.5. The molecule has 34 heavy (non-hydrogen) atoms. The molecular formula is C27H27NO6. The summed E-state index contributed by atoms with van der Waals surface area (Å²) in [5.41, 5.74) is 2.71. The van der Waals surface area contributed by atoms with E-state index >= 15 is 0 Å². The molecule has 0 aromatic heterocycles. The highest BCUT2D eigenvalue weighted by atomic mass is 16.5. The number of carbonyl (C=O) groups excluding carboxylic acids is 1. The minimum Gasteiger partial charge on any atom is -0.506 e. The van der Waals surface area contributed by atoms with Crippen molar-refractivity contribution in [2.75, 3.05) is 33.8 Å². The Balaban J connectivity index is 1.71. The molecule has 0 atom stereocenters. The standard InChI is InChI=1S/C27H27NO6/c1-31-21-7-5-6-18(14-21)11-13-26(30)28-22-12-10-19(15-23(22)29)8-9-20-16-24(32-2)27(34-4)25(17-20)33-3/h5-17,29H,1-4H3,(H,28,30)/b9-8+,13-11+. The fourth-order valence-corrected chi connectivity index (χ4v) is 3.24. The molecule has 176 valence electrons. The van der Waals surface area contributed by atoms with Gasteiger partial charge in [-0.3, -0.25) is 4.79 Å². The maximum atomic E-state index is 12.3. The Morgan fingerprint density at radius 1 is 0.765 bits per heavy atom. The molecule has 0 heterocycles. The van der Waals surface area contributed by atoms with Crippen LogP contribution in [0.25, 0.3) is 18.2 Å². The van der Waals surface area contributed by atoms with E-state index in [0.717, 1.165) is 16.7 Å². The molecule has 3 aromatic carbocycles. The van der Waals surface area contributed by atoms with Gasteiger partial charge in [0.1, 0.15) is 11.5 Å². The average Bonchev–Trinajstić information content (AvgIpc) is 2.87. The van der Waals surface area contributed by atoms with E-state index in [-0.39, 0.29) is 11.7 Å². The second kappa shape index (κ2) is 11.5. The van der Waals surface area contributed by atoms with Crippen LogP contribution in [-0.2, 0) is 4.79 Å². The van der Waals surface area contributed by atoms with E-state index < -0.39 is 0 Å². The summed E-state index contributed by atoms with van der Waals surface area (Å²) in [4.78, 5) is 12.3. The lowest BCUT2D eigenvalue weighted by molar-refractivity contribution is -0.111. The lowest BCUT2D eigenvalue weighted by atomic mass is 10.1. The fraction of sp³-hybridized carbons (Fsp3) is 0.148. The highest BCUT2D eigenvalue weighted by molar-refractivity contribution is 6.02. The van der Waals surface area contributed by atoms with Crippen LogP contribution in [0.15, 0.2) is 60.7 Å². The molecule has 0 radical (unpaired) electrons. The first-order chi connectivity index (χ1) is 16.5. The lowest BCUT2D eigenvalue weighted by Gasteiger charge is -2.12. The Labute approximate surface area is 198 Å². The molecule has 0 aliphatic carbocycles. The lowest BCUT2D eigenvalue weighted by Crippen LogP contribution is -2.07. The molecule has 0 saturated carbocycles. The highest BCUT2D eigenvalue weighted by Gasteiger charge is 2.12.